The number of halogens is 2. The van der Waals surface area contributed by atoms with Crippen LogP contribution >= 0.6 is 27.5 Å². The zero-order valence-electron chi connectivity index (χ0n) is 9.42. The van der Waals surface area contributed by atoms with Gasteiger partial charge in [-0.2, -0.15) is 0 Å². The van der Waals surface area contributed by atoms with Crippen molar-refractivity contribution in [1.82, 2.24) is 4.90 Å². The van der Waals surface area contributed by atoms with Gasteiger partial charge < -0.3 is 5.11 Å². The van der Waals surface area contributed by atoms with Gasteiger partial charge in [0.15, 0.2) is 0 Å². The third kappa shape index (κ3) is 4.42. The van der Waals surface area contributed by atoms with E-state index in [1.165, 1.54) is 0 Å². The lowest BCUT2D eigenvalue weighted by Gasteiger charge is -2.21. The second-order valence-corrected chi connectivity index (χ2v) is 5.03. The van der Waals surface area contributed by atoms with Crippen molar-refractivity contribution < 1.29 is 5.11 Å². The number of aliphatic hydroxyl groups excluding tert-OH is 1. The van der Waals surface area contributed by atoms with Crippen molar-refractivity contribution >= 4 is 27.5 Å². The minimum Gasteiger partial charge on any atom is -0.395 e. The first-order valence-electron chi connectivity index (χ1n) is 5.44. The molecule has 90 valence electrons. The fraction of sp³-hybridized carbons (Fsp3) is 0.500. The molecule has 0 aliphatic rings. The molecule has 0 saturated heterocycles. The van der Waals surface area contributed by atoms with Crippen molar-refractivity contribution in [3.05, 3.63) is 33.3 Å². The van der Waals surface area contributed by atoms with Crippen LogP contribution < -0.4 is 0 Å². The highest BCUT2D eigenvalue weighted by Gasteiger charge is 2.07. The molecule has 0 amide bonds. The van der Waals surface area contributed by atoms with Crippen molar-refractivity contribution in [2.75, 3.05) is 19.7 Å². The highest BCUT2D eigenvalue weighted by atomic mass is 79.9. The van der Waals surface area contributed by atoms with Gasteiger partial charge in [0.25, 0.3) is 0 Å². The third-order valence-electron chi connectivity index (χ3n) is 2.36. The second-order valence-electron chi connectivity index (χ2n) is 3.74. The number of benzene rings is 1. The topological polar surface area (TPSA) is 23.5 Å². The molecule has 0 unspecified atom stereocenters. The van der Waals surface area contributed by atoms with Gasteiger partial charge in [-0.3, -0.25) is 4.90 Å². The van der Waals surface area contributed by atoms with Gasteiger partial charge in [0, 0.05) is 22.6 Å². The Bertz CT molecular complexity index is 327. The summed E-state index contributed by atoms with van der Waals surface area (Å²) in [7, 11) is 0. The Hall–Kier alpha value is -0.0900. The molecule has 0 spiro atoms. The van der Waals surface area contributed by atoms with Crippen LogP contribution in [0.1, 0.15) is 18.9 Å². The molecule has 0 bridgehead atoms. The highest BCUT2D eigenvalue weighted by Crippen LogP contribution is 2.22. The first-order chi connectivity index (χ1) is 7.67. The summed E-state index contributed by atoms with van der Waals surface area (Å²) in [5.74, 6) is 0. The van der Waals surface area contributed by atoms with Gasteiger partial charge in [-0.25, -0.2) is 0 Å². The zero-order chi connectivity index (χ0) is 12.0. The van der Waals surface area contributed by atoms with Gasteiger partial charge in [0.2, 0.25) is 0 Å². The van der Waals surface area contributed by atoms with Crippen molar-refractivity contribution in [2.24, 2.45) is 0 Å². The summed E-state index contributed by atoms with van der Waals surface area (Å²) in [6, 6.07) is 5.79. The largest absolute Gasteiger partial charge is 0.395 e. The van der Waals surface area contributed by atoms with Gasteiger partial charge in [0.1, 0.15) is 0 Å². The standard InChI is InChI=1S/C12H17BrClNO/c1-2-5-15(6-7-16)9-10-8-11(14)3-4-12(10)13/h3-4,8,16H,2,5-7,9H2,1H3. The van der Waals surface area contributed by atoms with Crippen molar-refractivity contribution in [3.8, 4) is 0 Å². The molecule has 1 aromatic carbocycles. The van der Waals surface area contributed by atoms with E-state index in [-0.39, 0.29) is 6.61 Å². The van der Waals surface area contributed by atoms with E-state index >= 15 is 0 Å². The maximum absolute atomic E-state index is 8.99. The molecule has 4 heteroatoms. The zero-order valence-corrected chi connectivity index (χ0v) is 11.8. The van der Waals surface area contributed by atoms with Crippen LogP contribution in [0.15, 0.2) is 22.7 Å². The summed E-state index contributed by atoms with van der Waals surface area (Å²) in [6.45, 7) is 4.83. The van der Waals surface area contributed by atoms with Gasteiger partial charge in [-0.05, 0) is 36.7 Å². The van der Waals surface area contributed by atoms with E-state index in [4.69, 9.17) is 16.7 Å². The predicted molar refractivity (Wildman–Crippen MR) is 71.8 cm³/mol. The molecular formula is C12H17BrClNO. The van der Waals surface area contributed by atoms with E-state index in [1.807, 2.05) is 18.2 Å². The summed E-state index contributed by atoms with van der Waals surface area (Å²) in [5, 5.41) is 9.73. The summed E-state index contributed by atoms with van der Waals surface area (Å²) >= 11 is 9.48. The molecule has 0 radical (unpaired) electrons. The Morgan fingerprint density at radius 1 is 1.38 bits per heavy atom. The van der Waals surface area contributed by atoms with E-state index in [9.17, 15) is 0 Å². The Kier molecular flexibility index (Phi) is 6.36. The van der Waals surface area contributed by atoms with Gasteiger partial charge in [-0.1, -0.05) is 34.5 Å². The van der Waals surface area contributed by atoms with E-state index in [1.54, 1.807) is 0 Å². The van der Waals surface area contributed by atoms with E-state index in [0.717, 1.165) is 34.6 Å². The van der Waals surface area contributed by atoms with Gasteiger partial charge in [0.05, 0.1) is 6.61 Å². The average molecular weight is 307 g/mol. The SMILES string of the molecule is CCCN(CCO)Cc1cc(Cl)ccc1Br. The molecule has 0 aromatic heterocycles. The van der Waals surface area contributed by atoms with Crippen molar-refractivity contribution in [1.29, 1.82) is 0 Å². The minimum atomic E-state index is 0.193. The van der Waals surface area contributed by atoms with Crippen LogP contribution in [-0.2, 0) is 6.54 Å². The first kappa shape index (κ1) is 14.0. The number of hydrogen-bond donors (Lipinski definition) is 1. The van der Waals surface area contributed by atoms with E-state index in [2.05, 4.69) is 27.8 Å². The monoisotopic (exact) mass is 305 g/mol. The molecule has 0 aliphatic heterocycles. The van der Waals surface area contributed by atoms with E-state index in [0.29, 0.717) is 6.54 Å². The number of nitrogens with zero attached hydrogens (tertiary/aromatic N) is 1. The van der Waals surface area contributed by atoms with Crippen molar-refractivity contribution in [2.45, 2.75) is 19.9 Å². The lowest BCUT2D eigenvalue weighted by Crippen LogP contribution is -2.27. The molecule has 0 aliphatic carbocycles. The number of hydrogen-bond acceptors (Lipinski definition) is 2. The molecule has 1 rings (SSSR count). The third-order valence-corrected chi connectivity index (χ3v) is 3.37. The molecule has 1 N–H and O–H groups in total. The quantitative estimate of drug-likeness (QED) is 0.871. The Morgan fingerprint density at radius 3 is 2.75 bits per heavy atom. The number of aliphatic hydroxyl groups is 1. The lowest BCUT2D eigenvalue weighted by molar-refractivity contribution is 0.190. The molecule has 1 aromatic rings. The maximum Gasteiger partial charge on any atom is 0.0558 e. The van der Waals surface area contributed by atoms with Gasteiger partial charge >= 0.3 is 0 Å². The molecule has 16 heavy (non-hydrogen) atoms. The predicted octanol–water partition coefficient (Wildman–Crippen LogP) is 3.31. The van der Waals surface area contributed by atoms with Crippen LogP contribution in [0.5, 0.6) is 0 Å². The summed E-state index contributed by atoms with van der Waals surface area (Å²) < 4.78 is 1.07. The molecule has 0 heterocycles. The summed E-state index contributed by atoms with van der Waals surface area (Å²) in [4.78, 5) is 2.22. The molecule has 2 nitrogen and oxygen atoms in total. The average Bonchev–Trinajstić information content (AvgIpc) is 2.24. The van der Waals surface area contributed by atoms with Crippen molar-refractivity contribution in [3.63, 3.8) is 0 Å². The lowest BCUT2D eigenvalue weighted by atomic mass is 10.2. The molecule has 0 saturated carbocycles. The fourth-order valence-electron chi connectivity index (χ4n) is 1.63. The fourth-order valence-corrected chi connectivity index (χ4v) is 2.20. The molecule has 0 fully saturated rings. The van der Waals surface area contributed by atoms with E-state index < -0.39 is 0 Å². The van der Waals surface area contributed by atoms with Crippen LogP contribution in [0.3, 0.4) is 0 Å². The Morgan fingerprint density at radius 2 is 2.12 bits per heavy atom. The van der Waals surface area contributed by atoms with Crippen LogP contribution in [0.2, 0.25) is 5.02 Å². The maximum atomic E-state index is 8.99. The summed E-state index contributed by atoms with van der Waals surface area (Å²) in [6.07, 6.45) is 1.08. The smallest absolute Gasteiger partial charge is 0.0558 e. The van der Waals surface area contributed by atoms with Gasteiger partial charge in [-0.15, -0.1) is 0 Å². The molecule has 0 atom stereocenters. The first-order valence-corrected chi connectivity index (χ1v) is 6.61. The Labute approximate surface area is 110 Å². The second kappa shape index (κ2) is 7.28. The minimum absolute atomic E-state index is 0.193. The van der Waals surface area contributed by atoms with Crippen LogP contribution in [-0.4, -0.2) is 29.7 Å². The summed E-state index contributed by atoms with van der Waals surface area (Å²) in [5.41, 5.74) is 1.16. The Balaban J connectivity index is 2.71. The highest BCUT2D eigenvalue weighted by molar-refractivity contribution is 9.10. The number of rotatable bonds is 6. The normalized spacial score (nSPS) is 11.1. The van der Waals surface area contributed by atoms with Crippen LogP contribution in [0, 0.1) is 0 Å². The van der Waals surface area contributed by atoms with Crippen LogP contribution in [0.4, 0.5) is 0 Å². The molecular weight excluding hydrogens is 289 g/mol. The van der Waals surface area contributed by atoms with Crippen LogP contribution in [0.25, 0.3) is 0 Å².